The molecule has 0 amide bonds. The maximum absolute atomic E-state index is 12.3. The molecule has 0 aliphatic heterocycles. The Hall–Kier alpha value is -1.15. The number of hydrogen-bond donors (Lipinski definition) is 1. The molecular formula is C19H31NO. The molecule has 0 bridgehead atoms. The molecule has 2 nitrogen and oxygen atoms in total. The third-order valence-corrected chi connectivity index (χ3v) is 4.49. The van der Waals surface area contributed by atoms with Crippen LogP contribution in [0.2, 0.25) is 0 Å². The minimum absolute atomic E-state index is 0.354. The zero-order valence-corrected chi connectivity index (χ0v) is 14.3. The van der Waals surface area contributed by atoms with Crippen LogP contribution in [0.4, 0.5) is 0 Å². The average molecular weight is 289 g/mol. The summed E-state index contributed by atoms with van der Waals surface area (Å²) in [6, 6.07) is 4.34. The van der Waals surface area contributed by atoms with Crippen molar-refractivity contribution in [2.24, 2.45) is 17.6 Å². The quantitative estimate of drug-likeness (QED) is 0.782. The van der Waals surface area contributed by atoms with Crippen LogP contribution in [-0.2, 0) is 11.2 Å². The fourth-order valence-corrected chi connectivity index (χ4v) is 3.15. The topological polar surface area (TPSA) is 43.1 Å². The van der Waals surface area contributed by atoms with Crippen molar-refractivity contribution in [3.63, 3.8) is 0 Å². The Balaban J connectivity index is 2.62. The van der Waals surface area contributed by atoms with Crippen LogP contribution in [0.15, 0.2) is 12.1 Å². The summed E-state index contributed by atoms with van der Waals surface area (Å²) in [5, 5.41) is 0. The molecule has 0 saturated carbocycles. The zero-order chi connectivity index (χ0) is 16.0. The lowest BCUT2D eigenvalue weighted by molar-refractivity contribution is -0.118. The Morgan fingerprint density at radius 3 is 2.14 bits per heavy atom. The number of nitrogens with two attached hydrogens (primary N) is 1. The van der Waals surface area contributed by atoms with E-state index in [0.29, 0.717) is 37.0 Å². The first-order valence-corrected chi connectivity index (χ1v) is 8.13. The highest BCUT2D eigenvalue weighted by molar-refractivity contribution is 5.81. The molecule has 0 spiro atoms. The largest absolute Gasteiger partial charge is 0.330 e. The Morgan fingerprint density at radius 2 is 1.67 bits per heavy atom. The molecule has 2 N–H and O–H groups in total. The number of ketones is 1. The van der Waals surface area contributed by atoms with Crippen LogP contribution in [0.5, 0.6) is 0 Å². The number of carbonyl (C=O) groups excluding carboxylic acids is 1. The van der Waals surface area contributed by atoms with Gasteiger partial charge in [0.05, 0.1) is 0 Å². The van der Waals surface area contributed by atoms with Crippen molar-refractivity contribution in [1.82, 2.24) is 0 Å². The van der Waals surface area contributed by atoms with Crippen LogP contribution < -0.4 is 5.73 Å². The maximum Gasteiger partial charge on any atom is 0.137 e. The third-order valence-electron chi connectivity index (χ3n) is 4.49. The zero-order valence-electron chi connectivity index (χ0n) is 14.3. The summed E-state index contributed by atoms with van der Waals surface area (Å²) in [6.07, 6.45) is 3.24. The van der Waals surface area contributed by atoms with Crippen molar-refractivity contribution < 1.29 is 4.79 Å². The molecule has 0 aromatic heterocycles. The Morgan fingerprint density at radius 1 is 1.10 bits per heavy atom. The molecule has 1 atom stereocenters. The number of hydrogen-bond acceptors (Lipinski definition) is 2. The van der Waals surface area contributed by atoms with Gasteiger partial charge in [0.25, 0.3) is 0 Å². The minimum atomic E-state index is 0.354. The van der Waals surface area contributed by atoms with Crippen LogP contribution >= 0.6 is 0 Å². The molecular weight excluding hydrogens is 258 g/mol. The fourth-order valence-electron chi connectivity index (χ4n) is 3.15. The van der Waals surface area contributed by atoms with E-state index in [-0.39, 0.29) is 0 Å². The molecule has 0 heterocycles. The normalized spacial score (nSPS) is 12.7. The van der Waals surface area contributed by atoms with E-state index >= 15 is 0 Å². The van der Waals surface area contributed by atoms with Gasteiger partial charge in [-0.1, -0.05) is 31.5 Å². The lowest BCUT2D eigenvalue weighted by Gasteiger charge is -2.19. The smallest absolute Gasteiger partial charge is 0.137 e. The first kappa shape index (κ1) is 17.9. The standard InChI is InChI=1S/C19H31NO/c1-13(2)17(8-9-20)6-7-18(21)12-19-15(4)10-14(3)11-16(19)5/h10-11,13,17H,6-9,12,20H2,1-5H3. The van der Waals surface area contributed by atoms with Gasteiger partial charge >= 0.3 is 0 Å². The highest BCUT2D eigenvalue weighted by atomic mass is 16.1. The molecule has 1 aromatic rings. The van der Waals surface area contributed by atoms with Crippen molar-refractivity contribution in [3.05, 3.63) is 34.4 Å². The molecule has 118 valence electrons. The van der Waals surface area contributed by atoms with Crippen molar-refractivity contribution in [1.29, 1.82) is 0 Å². The SMILES string of the molecule is Cc1cc(C)c(CC(=O)CCC(CCN)C(C)C)c(C)c1. The molecule has 0 saturated heterocycles. The van der Waals surface area contributed by atoms with Crippen LogP contribution in [0.25, 0.3) is 0 Å². The predicted molar refractivity (Wildman–Crippen MR) is 90.6 cm³/mol. The highest BCUT2D eigenvalue weighted by Crippen LogP contribution is 2.22. The van der Waals surface area contributed by atoms with E-state index < -0.39 is 0 Å². The Labute approximate surface area is 130 Å². The van der Waals surface area contributed by atoms with Crippen molar-refractivity contribution >= 4 is 5.78 Å². The van der Waals surface area contributed by atoms with E-state index in [1.807, 2.05) is 0 Å². The molecule has 0 aliphatic rings. The van der Waals surface area contributed by atoms with Gasteiger partial charge in [0.15, 0.2) is 0 Å². The summed E-state index contributed by atoms with van der Waals surface area (Å²) in [7, 11) is 0. The lowest BCUT2D eigenvalue weighted by Crippen LogP contribution is -2.16. The van der Waals surface area contributed by atoms with Crippen molar-refractivity contribution in [2.45, 2.75) is 60.3 Å². The van der Waals surface area contributed by atoms with Crippen molar-refractivity contribution in [3.8, 4) is 0 Å². The van der Waals surface area contributed by atoms with Gasteiger partial charge in [0.2, 0.25) is 0 Å². The van der Waals surface area contributed by atoms with Gasteiger partial charge in [-0.15, -0.1) is 0 Å². The first-order valence-electron chi connectivity index (χ1n) is 8.13. The van der Waals surface area contributed by atoms with Gasteiger partial charge < -0.3 is 5.73 Å². The summed E-state index contributed by atoms with van der Waals surface area (Å²) in [4.78, 5) is 12.3. The molecule has 21 heavy (non-hydrogen) atoms. The van der Waals surface area contributed by atoms with E-state index in [0.717, 1.165) is 12.8 Å². The summed E-state index contributed by atoms with van der Waals surface area (Å²) in [6.45, 7) is 11.5. The van der Waals surface area contributed by atoms with Gasteiger partial charge in [-0.2, -0.15) is 0 Å². The van der Waals surface area contributed by atoms with Crippen LogP contribution in [-0.4, -0.2) is 12.3 Å². The Kier molecular flexibility index (Phi) is 7.10. The van der Waals surface area contributed by atoms with Crippen LogP contribution in [0, 0.1) is 32.6 Å². The second kappa shape index (κ2) is 8.33. The summed E-state index contributed by atoms with van der Waals surface area (Å²) in [5.41, 5.74) is 10.6. The van der Waals surface area contributed by atoms with E-state index in [2.05, 4.69) is 46.8 Å². The van der Waals surface area contributed by atoms with E-state index in [4.69, 9.17) is 5.73 Å². The molecule has 2 heteroatoms. The summed E-state index contributed by atoms with van der Waals surface area (Å²) in [5.74, 6) is 1.52. The molecule has 1 rings (SSSR count). The Bertz CT molecular complexity index is 453. The van der Waals surface area contributed by atoms with Gasteiger partial charge in [-0.3, -0.25) is 4.79 Å². The molecule has 0 aliphatic carbocycles. The second-order valence-corrected chi connectivity index (χ2v) is 6.71. The van der Waals surface area contributed by atoms with E-state index in [1.165, 1.54) is 22.3 Å². The number of aryl methyl sites for hydroxylation is 3. The molecule has 1 unspecified atom stereocenters. The fraction of sp³-hybridized carbons (Fsp3) is 0.632. The first-order chi connectivity index (χ1) is 9.85. The van der Waals surface area contributed by atoms with Crippen molar-refractivity contribution in [2.75, 3.05) is 6.54 Å². The van der Waals surface area contributed by atoms with Gasteiger partial charge in [0.1, 0.15) is 5.78 Å². The molecule has 1 aromatic carbocycles. The van der Waals surface area contributed by atoms with E-state index in [9.17, 15) is 4.79 Å². The summed E-state index contributed by atoms with van der Waals surface area (Å²) >= 11 is 0. The van der Waals surface area contributed by atoms with Crippen LogP contribution in [0.1, 0.15) is 55.4 Å². The highest BCUT2D eigenvalue weighted by Gasteiger charge is 2.15. The number of rotatable bonds is 8. The number of benzene rings is 1. The second-order valence-electron chi connectivity index (χ2n) is 6.71. The van der Waals surface area contributed by atoms with Gasteiger partial charge in [0, 0.05) is 12.8 Å². The third kappa shape index (κ3) is 5.62. The monoisotopic (exact) mass is 289 g/mol. The van der Waals surface area contributed by atoms with Gasteiger partial charge in [-0.25, -0.2) is 0 Å². The number of Topliss-reactive ketones (excluding diaryl/α,β-unsaturated/α-hetero) is 1. The average Bonchev–Trinajstić information content (AvgIpc) is 2.38. The minimum Gasteiger partial charge on any atom is -0.330 e. The lowest BCUT2D eigenvalue weighted by atomic mass is 9.86. The summed E-state index contributed by atoms with van der Waals surface area (Å²) < 4.78 is 0. The predicted octanol–water partition coefficient (Wildman–Crippen LogP) is 4.12. The molecule has 0 radical (unpaired) electrons. The number of carbonyl (C=O) groups is 1. The maximum atomic E-state index is 12.3. The molecule has 0 fully saturated rings. The van der Waals surface area contributed by atoms with E-state index in [1.54, 1.807) is 0 Å². The van der Waals surface area contributed by atoms with Crippen LogP contribution in [0.3, 0.4) is 0 Å². The van der Waals surface area contributed by atoms with Gasteiger partial charge in [-0.05, 0) is 68.7 Å².